The van der Waals surface area contributed by atoms with Crippen molar-refractivity contribution in [1.29, 1.82) is 0 Å². The maximum Gasteiger partial charge on any atom is 0.251 e. The van der Waals surface area contributed by atoms with Gasteiger partial charge >= 0.3 is 0 Å². The molecule has 0 aromatic heterocycles. The fraction of sp³-hybridized carbons (Fsp3) is 0.417. The molecule has 1 aromatic rings. The highest BCUT2D eigenvalue weighted by atomic mass is 16.3. The first-order valence-corrected chi connectivity index (χ1v) is 5.24. The molecule has 1 aromatic carbocycles. The van der Waals surface area contributed by atoms with Gasteiger partial charge < -0.3 is 10.4 Å². The van der Waals surface area contributed by atoms with Crippen LogP contribution in [0.4, 0.5) is 0 Å². The molecular formula is C12H15NO2. The first kappa shape index (κ1) is 10.0. The van der Waals surface area contributed by atoms with Crippen LogP contribution in [0.2, 0.25) is 0 Å². The molecule has 1 amide bonds. The van der Waals surface area contributed by atoms with E-state index >= 15 is 0 Å². The predicted molar refractivity (Wildman–Crippen MR) is 57.7 cm³/mol. The second kappa shape index (κ2) is 3.93. The van der Waals surface area contributed by atoms with Crippen LogP contribution in [-0.4, -0.2) is 17.6 Å². The largest absolute Gasteiger partial charge is 0.508 e. The fourth-order valence-electron chi connectivity index (χ4n) is 1.66. The zero-order valence-corrected chi connectivity index (χ0v) is 8.73. The van der Waals surface area contributed by atoms with Crippen LogP contribution in [0.25, 0.3) is 0 Å². The number of phenols is 1. The molecule has 2 unspecified atom stereocenters. The summed E-state index contributed by atoms with van der Waals surface area (Å²) < 4.78 is 0. The number of phenolic OH excluding ortho intramolecular Hbond substituents is 1. The molecule has 2 rings (SSSR count). The van der Waals surface area contributed by atoms with Crippen molar-refractivity contribution in [2.24, 2.45) is 11.8 Å². The minimum Gasteiger partial charge on any atom is -0.508 e. The number of benzene rings is 1. The highest BCUT2D eigenvalue weighted by molar-refractivity contribution is 5.94. The number of carbonyl (C=O) groups excluding carboxylic acids is 1. The predicted octanol–water partition coefficient (Wildman–Crippen LogP) is 1.78. The van der Waals surface area contributed by atoms with Gasteiger partial charge in [-0.15, -0.1) is 0 Å². The number of carbonyl (C=O) groups is 1. The van der Waals surface area contributed by atoms with Gasteiger partial charge in [-0.3, -0.25) is 4.79 Å². The van der Waals surface area contributed by atoms with Gasteiger partial charge in [0.2, 0.25) is 0 Å². The zero-order chi connectivity index (χ0) is 10.8. The van der Waals surface area contributed by atoms with Gasteiger partial charge in [0, 0.05) is 12.1 Å². The normalized spacial score (nSPS) is 23.5. The van der Waals surface area contributed by atoms with E-state index in [0.29, 0.717) is 11.5 Å². The van der Waals surface area contributed by atoms with Gasteiger partial charge in [0.05, 0.1) is 0 Å². The van der Waals surface area contributed by atoms with Crippen LogP contribution >= 0.6 is 0 Å². The Morgan fingerprint density at radius 3 is 2.93 bits per heavy atom. The average Bonchev–Trinajstić information content (AvgIpc) is 2.91. The maximum atomic E-state index is 11.6. The average molecular weight is 205 g/mol. The number of amides is 1. The standard InChI is InChI=1S/C12H15NO2/c1-8-5-10(8)7-13-12(15)9-3-2-4-11(14)6-9/h2-4,6,8,10,14H,5,7H2,1H3,(H,13,15). The first-order valence-electron chi connectivity index (χ1n) is 5.24. The van der Waals surface area contributed by atoms with Gasteiger partial charge in [-0.05, 0) is 36.5 Å². The van der Waals surface area contributed by atoms with E-state index in [1.165, 1.54) is 12.5 Å². The molecule has 0 spiro atoms. The van der Waals surface area contributed by atoms with E-state index in [-0.39, 0.29) is 11.7 Å². The summed E-state index contributed by atoms with van der Waals surface area (Å²) in [5, 5.41) is 12.1. The first-order chi connectivity index (χ1) is 7.16. The van der Waals surface area contributed by atoms with Gasteiger partial charge in [0.1, 0.15) is 5.75 Å². The quantitative estimate of drug-likeness (QED) is 0.790. The van der Waals surface area contributed by atoms with E-state index in [2.05, 4.69) is 12.2 Å². The Balaban J connectivity index is 1.90. The van der Waals surface area contributed by atoms with Crippen LogP contribution in [0.1, 0.15) is 23.7 Å². The SMILES string of the molecule is CC1CC1CNC(=O)c1cccc(O)c1. The van der Waals surface area contributed by atoms with E-state index in [1.807, 2.05) is 0 Å². The lowest BCUT2D eigenvalue weighted by atomic mass is 10.2. The molecule has 1 aliphatic rings. The third kappa shape index (κ3) is 2.49. The van der Waals surface area contributed by atoms with Crippen molar-refractivity contribution in [3.63, 3.8) is 0 Å². The third-order valence-electron chi connectivity index (χ3n) is 2.91. The monoisotopic (exact) mass is 205 g/mol. The van der Waals surface area contributed by atoms with Gasteiger partial charge in [0.15, 0.2) is 0 Å². The van der Waals surface area contributed by atoms with Crippen molar-refractivity contribution in [2.75, 3.05) is 6.54 Å². The number of nitrogens with one attached hydrogen (secondary N) is 1. The molecule has 0 saturated heterocycles. The van der Waals surface area contributed by atoms with Crippen molar-refractivity contribution in [2.45, 2.75) is 13.3 Å². The van der Waals surface area contributed by atoms with Crippen molar-refractivity contribution in [1.82, 2.24) is 5.32 Å². The Bertz CT molecular complexity index is 376. The molecule has 1 aliphatic carbocycles. The summed E-state index contributed by atoms with van der Waals surface area (Å²) in [5.41, 5.74) is 0.517. The summed E-state index contributed by atoms with van der Waals surface area (Å²) in [6.45, 7) is 2.93. The minimum atomic E-state index is -0.106. The van der Waals surface area contributed by atoms with Gasteiger partial charge in [-0.2, -0.15) is 0 Å². The van der Waals surface area contributed by atoms with Crippen LogP contribution in [0.3, 0.4) is 0 Å². The molecule has 2 N–H and O–H groups in total. The molecule has 3 nitrogen and oxygen atoms in total. The van der Waals surface area contributed by atoms with Crippen molar-refractivity contribution < 1.29 is 9.90 Å². The Morgan fingerprint density at radius 2 is 2.33 bits per heavy atom. The van der Waals surface area contributed by atoms with Gasteiger partial charge in [-0.25, -0.2) is 0 Å². The van der Waals surface area contributed by atoms with Crippen molar-refractivity contribution in [3.05, 3.63) is 29.8 Å². The van der Waals surface area contributed by atoms with Gasteiger partial charge in [0.25, 0.3) is 5.91 Å². The van der Waals surface area contributed by atoms with Crippen molar-refractivity contribution in [3.8, 4) is 5.75 Å². The topological polar surface area (TPSA) is 49.3 Å². The number of hydrogen-bond donors (Lipinski definition) is 2. The molecule has 15 heavy (non-hydrogen) atoms. The van der Waals surface area contributed by atoms with E-state index < -0.39 is 0 Å². The molecule has 80 valence electrons. The molecular weight excluding hydrogens is 190 g/mol. The zero-order valence-electron chi connectivity index (χ0n) is 8.73. The maximum absolute atomic E-state index is 11.6. The van der Waals surface area contributed by atoms with Crippen LogP contribution in [0.5, 0.6) is 5.75 Å². The molecule has 0 heterocycles. The summed E-state index contributed by atoms with van der Waals surface area (Å²) in [6.07, 6.45) is 1.21. The summed E-state index contributed by atoms with van der Waals surface area (Å²) in [7, 11) is 0. The molecule has 0 aliphatic heterocycles. The number of aromatic hydroxyl groups is 1. The van der Waals surface area contributed by atoms with Crippen LogP contribution < -0.4 is 5.32 Å². The third-order valence-corrected chi connectivity index (χ3v) is 2.91. The lowest BCUT2D eigenvalue weighted by Crippen LogP contribution is -2.25. The highest BCUT2D eigenvalue weighted by Gasteiger charge is 2.32. The van der Waals surface area contributed by atoms with E-state index in [4.69, 9.17) is 0 Å². The molecule has 1 fully saturated rings. The summed E-state index contributed by atoms with van der Waals surface area (Å²) in [4.78, 5) is 11.6. The Hall–Kier alpha value is -1.51. The summed E-state index contributed by atoms with van der Waals surface area (Å²) in [6, 6.07) is 6.40. The lowest BCUT2D eigenvalue weighted by Gasteiger charge is -2.04. The molecule has 0 bridgehead atoms. The summed E-state index contributed by atoms with van der Waals surface area (Å²) >= 11 is 0. The molecule has 3 heteroatoms. The van der Waals surface area contributed by atoms with Crippen molar-refractivity contribution >= 4 is 5.91 Å². The summed E-state index contributed by atoms with van der Waals surface area (Å²) in [5.74, 6) is 1.41. The molecule has 2 atom stereocenters. The smallest absolute Gasteiger partial charge is 0.251 e. The van der Waals surface area contributed by atoms with E-state index in [0.717, 1.165) is 12.5 Å². The Labute approximate surface area is 89.1 Å². The molecule has 1 saturated carbocycles. The molecule has 0 radical (unpaired) electrons. The van der Waals surface area contributed by atoms with E-state index in [1.54, 1.807) is 18.2 Å². The highest BCUT2D eigenvalue weighted by Crippen LogP contribution is 2.36. The number of rotatable bonds is 3. The van der Waals surface area contributed by atoms with Crippen LogP contribution in [-0.2, 0) is 0 Å². The second-order valence-corrected chi connectivity index (χ2v) is 4.23. The van der Waals surface area contributed by atoms with E-state index in [9.17, 15) is 9.90 Å². The van der Waals surface area contributed by atoms with Crippen LogP contribution in [0.15, 0.2) is 24.3 Å². The number of hydrogen-bond acceptors (Lipinski definition) is 2. The Morgan fingerprint density at radius 1 is 1.60 bits per heavy atom. The Kier molecular flexibility index (Phi) is 2.62. The lowest BCUT2D eigenvalue weighted by molar-refractivity contribution is 0.0951. The second-order valence-electron chi connectivity index (χ2n) is 4.23. The fourth-order valence-corrected chi connectivity index (χ4v) is 1.66. The van der Waals surface area contributed by atoms with Gasteiger partial charge in [-0.1, -0.05) is 13.0 Å². The van der Waals surface area contributed by atoms with Crippen LogP contribution in [0, 0.1) is 11.8 Å². The minimum absolute atomic E-state index is 0.106.